The van der Waals surface area contributed by atoms with Crippen molar-refractivity contribution < 1.29 is 153 Å². The minimum Gasteiger partial charge on any atom is -0.394 e. The van der Waals surface area contributed by atoms with Gasteiger partial charge in [-0.15, -0.1) is 0 Å². The van der Waals surface area contributed by atoms with Crippen molar-refractivity contribution in [3.8, 4) is 0 Å². The van der Waals surface area contributed by atoms with Crippen molar-refractivity contribution in [2.75, 3.05) is 32.9 Å². The predicted octanol–water partition coefficient (Wildman–Crippen LogP) is 0.602. The molecule has 0 amide bonds. The first kappa shape index (κ1) is 93.0. The zero-order chi connectivity index (χ0) is 87.7. The molecule has 0 radical (unpaired) electrons. The summed E-state index contributed by atoms with van der Waals surface area (Å²) in [7, 11) is 0. The molecule has 18 aliphatic rings. The van der Waals surface area contributed by atoms with E-state index in [1.165, 1.54) is 64.0 Å². The van der Waals surface area contributed by atoms with Crippen LogP contribution in [0.1, 0.15) is 192 Å². The molecule has 18 rings (SSSR count). The molecule has 52 atom stereocenters. The summed E-state index contributed by atoms with van der Waals surface area (Å²) in [5.41, 5.74) is 2.73. The number of fused-ring (bicyclic) bond motifs is 14. The Labute approximate surface area is 721 Å². The highest BCUT2D eigenvalue weighted by atomic mass is 16.8. The summed E-state index contributed by atoms with van der Waals surface area (Å²) in [4.78, 5) is 0. The second-order valence-electron chi connectivity index (χ2n) is 42.4. The lowest BCUT2D eigenvalue weighted by Gasteiger charge is -2.59. The van der Waals surface area contributed by atoms with E-state index in [-0.39, 0.29) is 45.3 Å². The topological polar surface area (TPSA) is 497 Å². The summed E-state index contributed by atoms with van der Waals surface area (Å²) < 4.78 is 87.6. The molecule has 0 bridgehead atoms. The van der Waals surface area contributed by atoms with E-state index in [9.17, 15) is 86.8 Å². The first-order chi connectivity index (χ1) is 58.3. The van der Waals surface area contributed by atoms with Gasteiger partial charge in [-0.2, -0.15) is 0 Å². The van der Waals surface area contributed by atoms with Crippen molar-refractivity contribution >= 4 is 0 Å². The van der Waals surface area contributed by atoms with Crippen LogP contribution in [0.5, 0.6) is 0 Å². The smallest absolute Gasteiger partial charge is 0.187 e. The maximum absolute atomic E-state index is 12.0. The van der Waals surface area contributed by atoms with Gasteiger partial charge in [0.1, 0.15) is 140 Å². The molecule has 2 spiro atoms. The normalized spacial score (nSPS) is 58.0. The number of piperidine rings is 2. The fourth-order valence-corrected chi connectivity index (χ4v) is 28.4. The summed E-state index contributed by atoms with van der Waals surface area (Å²) in [5, 5.41) is 189. The molecule has 16 fully saturated rings. The van der Waals surface area contributed by atoms with Crippen LogP contribution in [0.4, 0.5) is 0 Å². The van der Waals surface area contributed by atoms with Gasteiger partial charge in [-0.1, -0.05) is 78.7 Å². The molecule has 0 aromatic carbocycles. The fraction of sp³-hybridized carbons (Fsp3) is 0.956. The summed E-state index contributed by atoms with van der Waals surface area (Å²) in [6, 6.07) is 0. The summed E-state index contributed by atoms with van der Waals surface area (Å²) in [5.74, 6) is 6.74. The van der Waals surface area contributed by atoms with Gasteiger partial charge in [-0.3, -0.25) is 10.6 Å². The van der Waals surface area contributed by atoms with Gasteiger partial charge in [0.2, 0.25) is 0 Å². The highest BCUT2D eigenvalue weighted by Crippen LogP contribution is 2.73. The maximum atomic E-state index is 12.0. The Balaban J connectivity index is 0.000000175. The Morgan fingerprint density at radius 1 is 0.350 bits per heavy atom. The van der Waals surface area contributed by atoms with Crippen molar-refractivity contribution in [3.63, 3.8) is 0 Å². The number of allylic oxidation sites excluding steroid dienone is 2. The number of hydrogen-bond donors (Lipinski definition) is 19. The first-order valence-corrected chi connectivity index (χ1v) is 46.8. The average Bonchev–Trinajstić information content (AvgIpc) is 1.54. The van der Waals surface area contributed by atoms with Gasteiger partial charge in [0.25, 0.3) is 0 Å². The van der Waals surface area contributed by atoms with Crippen LogP contribution in [0.2, 0.25) is 0 Å². The molecule has 33 heteroatoms. The first-order valence-electron chi connectivity index (χ1n) is 46.8. The Morgan fingerprint density at radius 3 is 1.13 bits per heavy atom. The maximum Gasteiger partial charge on any atom is 0.187 e. The monoisotopic (exact) mass is 1750 g/mol. The van der Waals surface area contributed by atoms with Crippen molar-refractivity contribution in [1.29, 1.82) is 0 Å². The molecule has 8 aliphatic carbocycles. The lowest BCUT2D eigenvalue weighted by molar-refractivity contribution is -0.394. The Hall–Kier alpha value is -1.84. The quantitative estimate of drug-likeness (QED) is 0.0998. The van der Waals surface area contributed by atoms with Gasteiger partial charge >= 0.3 is 0 Å². The summed E-state index contributed by atoms with van der Waals surface area (Å²) in [6.45, 7) is 24.0. The highest BCUT2D eigenvalue weighted by molar-refractivity contribution is 5.29. The molecule has 0 aromatic heterocycles. The molecule has 123 heavy (non-hydrogen) atoms. The number of aliphatic hydroxyl groups is 17. The van der Waals surface area contributed by atoms with Crippen LogP contribution in [0, 0.1) is 92.7 Å². The van der Waals surface area contributed by atoms with Crippen LogP contribution in [-0.2, 0) is 66.3 Å². The minimum atomic E-state index is -1.84. The Kier molecular flexibility index (Phi) is 26.9. The van der Waals surface area contributed by atoms with Gasteiger partial charge in [0, 0.05) is 24.9 Å². The lowest BCUT2D eigenvalue weighted by Crippen LogP contribution is -2.67. The zero-order valence-corrected chi connectivity index (χ0v) is 73.3. The summed E-state index contributed by atoms with van der Waals surface area (Å²) in [6.07, 6.45) is -21.9. The molecule has 10 saturated heterocycles. The molecular weight excluding hydrogens is 1600 g/mol. The number of rotatable bonds is 15. The average molecular weight is 1750 g/mol. The van der Waals surface area contributed by atoms with E-state index in [1.807, 2.05) is 0 Å². The van der Waals surface area contributed by atoms with E-state index in [2.05, 4.69) is 78.2 Å². The van der Waals surface area contributed by atoms with Gasteiger partial charge in [0.15, 0.2) is 37.7 Å². The van der Waals surface area contributed by atoms with E-state index >= 15 is 0 Å². The van der Waals surface area contributed by atoms with Gasteiger partial charge in [-0.25, -0.2) is 0 Å². The van der Waals surface area contributed by atoms with E-state index in [0.717, 1.165) is 70.9 Å². The molecule has 46 unspecified atom stereocenters. The van der Waals surface area contributed by atoms with Gasteiger partial charge in [-0.05, 0) is 217 Å². The van der Waals surface area contributed by atoms with Crippen LogP contribution in [0.3, 0.4) is 0 Å². The number of aliphatic hydroxyl groups excluding tert-OH is 17. The Bertz CT molecular complexity index is 3670. The van der Waals surface area contributed by atoms with E-state index < -0.39 is 210 Å². The highest BCUT2D eigenvalue weighted by Gasteiger charge is 2.72. The number of nitrogens with one attached hydrogen (secondary N) is 2. The van der Waals surface area contributed by atoms with Gasteiger partial charge in [0.05, 0.1) is 62.5 Å². The third kappa shape index (κ3) is 16.0. The van der Waals surface area contributed by atoms with Crippen molar-refractivity contribution in [2.24, 2.45) is 92.7 Å². The van der Waals surface area contributed by atoms with Crippen molar-refractivity contribution in [3.05, 3.63) is 23.3 Å². The largest absolute Gasteiger partial charge is 0.394 e. The van der Waals surface area contributed by atoms with Crippen LogP contribution in [0.25, 0.3) is 0 Å². The summed E-state index contributed by atoms with van der Waals surface area (Å²) >= 11 is 0. The third-order valence-corrected chi connectivity index (χ3v) is 35.8. The van der Waals surface area contributed by atoms with Gasteiger partial charge < -0.3 is 153 Å². The van der Waals surface area contributed by atoms with E-state index in [0.29, 0.717) is 103 Å². The van der Waals surface area contributed by atoms with E-state index in [4.69, 9.17) is 66.3 Å². The van der Waals surface area contributed by atoms with E-state index in [1.54, 1.807) is 0 Å². The van der Waals surface area contributed by atoms with Crippen LogP contribution < -0.4 is 10.6 Å². The molecule has 0 aromatic rings. The molecule has 19 N–H and O–H groups in total. The molecule has 10 aliphatic heterocycles. The van der Waals surface area contributed by atoms with Crippen molar-refractivity contribution in [1.82, 2.24) is 10.6 Å². The molecular formula is C90H146N2O31. The third-order valence-electron chi connectivity index (χ3n) is 35.8. The fourth-order valence-electron chi connectivity index (χ4n) is 28.4. The minimum absolute atomic E-state index is 0.00472. The van der Waals surface area contributed by atoms with Crippen molar-refractivity contribution in [2.45, 2.75) is 412 Å². The molecule has 10 heterocycles. The Morgan fingerprint density at radius 2 is 0.715 bits per heavy atom. The van der Waals surface area contributed by atoms with Crippen LogP contribution >= 0.6 is 0 Å². The van der Waals surface area contributed by atoms with Crippen LogP contribution in [-0.4, -0.2) is 340 Å². The zero-order valence-electron chi connectivity index (χ0n) is 73.3. The number of ether oxygens (including phenoxy) is 14. The molecule has 702 valence electrons. The standard InChI is InChI=1S/C45H73NO16.C45H73NO15/c1-19-8-13-45(46-16-19)20(2)30-27(62-45)15-26-24-7-6-22-14-23(9-11-43(22,4)25(24)10-12-44(26,30)5)57-42-39(61-40-36(54)34(52)31(49)21(3)56-40)38(33(51)29(18-48)59-42)60-41-37(55)35(53)32(50)28(17-47)58-41;1-19-9-14-45(46-17-19)20(2)30-28(61-45)16-27-25-8-7-23-15-24(10-12-43(23,5)26(25)11-13-44(27,30)6)57-42-39(60-41-36(53)34(51)32(49)22(4)56-41)37(54)38(29(18-47)58-42)59-40-35(52)33(50)31(48)21(3)55-40/h6,19-21,23-42,46-55H,7-18H2,1-5H3;7,19-22,24-42,46-54H,8-18H2,1-6H3/t19-,20+,21?,23?,24?,25?,26?,27?,28?,29?,30?,31?,32?,33?,34?,35?,36?,37?,38?,39?,40?,41?,42?,43?,44?,45-;19-,20+,21?,22?,24?,25?,26?,27?,28?,29?,30?,31?,32?,33?,34?,35?,36?,37?,38?,39?,40?,41?,42?,43?,44?,45-/m11/s1. The second-order valence-corrected chi connectivity index (χ2v) is 42.4. The molecule has 33 nitrogen and oxygen atoms in total. The lowest BCUT2D eigenvalue weighted by atomic mass is 9.47. The number of hydrogen-bond acceptors (Lipinski definition) is 33. The second kappa shape index (κ2) is 35.5. The SMILES string of the molecule is CC1OC(OC2C(CO)OC(OC3CCC4(C)C(=CCC5C4CCC4(C)C5CC5O[C@]6(CC[C@@H](C)CN6)[C@@H](C)C54)C3)C(OC3OC(C)C(O)C(O)C3O)C2O)C(O)C(O)C1O.CC1OC(OC2C(OC3CCC4(C)C(=CCC5C4CCC4(C)C5CC5O[C@]6(CC[C@@H](C)CN6)[C@@H](C)C54)C3)OC(CO)C(O)C2OC2OC(CO)C(O)C(O)C2O)C(O)C(O)C1O. The van der Waals surface area contributed by atoms with Crippen LogP contribution in [0.15, 0.2) is 23.3 Å². The molecule has 6 saturated carbocycles. The predicted molar refractivity (Wildman–Crippen MR) is 431 cm³/mol.